The number of aromatic nitrogens is 12. The van der Waals surface area contributed by atoms with Crippen LogP contribution < -0.4 is 15.1 Å². The highest BCUT2D eigenvalue weighted by atomic mass is 35.5. The predicted molar refractivity (Wildman–Crippen MR) is 268 cm³/mol. The molecule has 1 amide bonds. The second-order valence-electron chi connectivity index (χ2n) is 17.8. The van der Waals surface area contributed by atoms with E-state index in [1.807, 2.05) is 20.4 Å². The normalized spacial score (nSPS) is 16.9. The van der Waals surface area contributed by atoms with Crippen molar-refractivity contribution in [2.75, 3.05) is 103 Å². The summed E-state index contributed by atoms with van der Waals surface area (Å²) in [5.74, 6) is 0.780. The number of benzene rings is 2. The molecule has 0 spiro atoms. The van der Waals surface area contributed by atoms with Gasteiger partial charge in [0.15, 0.2) is 45.6 Å². The molecule has 0 radical (unpaired) electrons. The molecule has 8 aromatic rings. The lowest BCUT2D eigenvalue weighted by atomic mass is 10.1. The Morgan fingerprint density at radius 3 is 1.45 bits per heavy atom. The molecule has 4 fully saturated rings. The minimum absolute atomic E-state index is 0.0281. The van der Waals surface area contributed by atoms with Gasteiger partial charge in [-0.25, -0.2) is 47.1 Å². The van der Waals surface area contributed by atoms with Crippen LogP contribution in [0.4, 0.5) is 39.0 Å². The Hall–Kier alpha value is -7.29. The van der Waals surface area contributed by atoms with Gasteiger partial charge < -0.3 is 48.1 Å². The average molecular weight is 1060 g/mol. The predicted octanol–water partition coefficient (Wildman–Crippen LogP) is 7.20. The first kappa shape index (κ1) is 51.2. The first-order valence-electron chi connectivity index (χ1n) is 24.5. The highest BCUT2D eigenvalue weighted by Crippen LogP contribution is 2.36. The number of likely N-dealkylation sites (tertiary alicyclic amines) is 1. The maximum absolute atomic E-state index is 14.2. The maximum atomic E-state index is 14.2. The number of para-hydroxylation sites is 4. The highest BCUT2D eigenvalue weighted by molar-refractivity contribution is 6.61. The van der Waals surface area contributed by atoms with E-state index in [-0.39, 0.29) is 29.8 Å². The number of halogens is 5. The molecule has 4 saturated heterocycles. The second-order valence-corrected chi connectivity index (χ2v) is 18.2. The Kier molecular flexibility index (Phi) is 15.5. The lowest BCUT2D eigenvalue weighted by Crippen LogP contribution is -2.39. The molecule has 12 rings (SSSR count). The van der Waals surface area contributed by atoms with Crippen molar-refractivity contribution in [3.8, 4) is 11.6 Å². The van der Waals surface area contributed by atoms with Crippen LogP contribution in [-0.4, -0.2) is 168 Å². The quantitative estimate of drug-likeness (QED) is 0.118. The lowest BCUT2D eigenvalue weighted by Gasteiger charge is -2.32. The summed E-state index contributed by atoms with van der Waals surface area (Å²) in [6, 6.07) is 14.4. The van der Waals surface area contributed by atoms with E-state index in [1.54, 1.807) is 60.0 Å². The molecule has 4 aliphatic heterocycles. The Bertz CT molecular complexity index is 3290. The zero-order valence-corrected chi connectivity index (χ0v) is 41.7. The van der Waals surface area contributed by atoms with Crippen molar-refractivity contribution in [2.45, 2.75) is 50.6 Å². The molecule has 75 heavy (non-hydrogen) atoms. The van der Waals surface area contributed by atoms with Crippen molar-refractivity contribution in [3.05, 3.63) is 72.8 Å². The lowest BCUT2D eigenvalue weighted by molar-refractivity contribution is 0.107. The van der Waals surface area contributed by atoms with Gasteiger partial charge in [-0.2, -0.15) is 19.9 Å². The molecule has 0 bridgehead atoms. The van der Waals surface area contributed by atoms with Crippen LogP contribution in [0, 0.1) is 0 Å². The van der Waals surface area contributed by atoms with Crippen molar-refractivity contribution in [3.63, 3.8) is 0 Å². The molecule has 27 heteroatoms. The number of carbonyl (C=O) groups is 2. The maximum Gasteiger partial charge on any atom is 0.409 e. The summed E-state index contributed by atoms with van der Waals surface area (Å²) in [5.41, 5.74) is 3.38. The molecule has 2 aromatic carbocycles. The number of rotatable bonds is 8. The second kappa shape index (κ2) is 22.7. The van der Waals surface area contributed by atoms with Crippen molar-refractivity contribution in [1.29, 1.82) is 0 Å². The van der Waals surface area contributed by atoms with E-state index in [9.17, 15) is 27.2 Å². The zero-order valence-electron chi connectivity index (χ0n) is 40.9. The van der Waals surface area contributed by atoms with E-state index in [2.05, 4.69) is 46.2 Å². The van der Waals surface area contributed by atoms with Crippen LogP contribution in [0.3, 0.4) is 0 Å². The number of imidazole rings is 4. The number of hydrogen-bond acceptors (Lipinski definition) is 17. The SMILES string of the molecule is COC(=O)Cl.COC(=O)N1CCC(n2cnc3c(-n4c(C(F)F)nc5ccccc54)nc(N4CCOCC4)nc32)CC1.FC(F)c1nc2ccccc2n1-c1nc(N2CCOCC2)nc2c1ncn2C1CCNCC1. The van der Waals surface area contributed by atoms with Gasteiger partial charge in [-0.1, -0.05) is 24.3 Å². The number of methoxy groups -OCH3 is 2. The number of morpholine rings is 2. The van der Waals surface area contributed by atoms with Gasteiger partial charge in [-0.3, -0.25) is 9.13 Å². The fourth-order valence-corrected chi connectivity index (χ4v) is 9.80. The summed E-state index contributed by atoms with van der Waals surface area (Å²) in [4.78, 5) is 63.9. The molecule has 0 atom stereocenters. The number of hydrogen-bond donors (Lipinski definition) is 1. The van der Waals surface area contributed by atoms with Gasteiger partial charge in [0.1, 0.15) is 0 Å². The number of ether oxygens (including phenoxy) is 4. The monoisotopic (exact) mass is 1060 g/mol. The number of anilines is 2. The van der Waals surface area contributed by atoms with Crippen LogP contribution in [0.25, 0.3) is 56.0 Å². The van der Waals surface area contributed by atoms with Crippen molar-refractivity contribution < 1.29 is 46.1 Å². The van der Waals surface area contributed by atoms with E-state index in [4.69, 9.17) is 34.1 Å². The molecular formula is C48H53ClF4N16O6. The van der Waals surface area contributed by atoms with E-state index >= 15 is 0 Å². The fourth-order valence-electron chi connectivity index (χ4n) is 9.80. The molecule has 0 saturated carbocycles. The van der Waals surface area contributed by atoms with E-state index in [0.29, 0.717) is 141 Å². The van der Waals surface area contributed by atoms with Gasteiger partial charge in [0.2, 0.25) is 11.9 Å². The summed E-state index contributed by atoms with van der Waals surface area (Å²) < 4.78 is 83.2. The molecule has 10 heterocycles. The smallest absolute Gasteiger partial charge is 0.409 e. The first-order valence-corrected chi connectivity index (χ1v) is 24.8. The van der Waals surface area contributed by atoms with Gasteiger partial charge >= 0.3 is 11.5 Å². The van der Waals surface area contributed by atoms with Crippen molar-refractivity contribution in [1.82, 2.24) is 68.4 Å². The van der Waals surface area contributed by atoms with Crippen LogP contribution in [0.15, 0.2) is 61.2 Å². The number of nitrogens with zero attached hydrogens (tertiary/aromatic N) is 15. The minimum atomic E-state index is -2.81. The fraction of sp³-hybridized carbons (Fsp3) is 0.458. The van der Waals surface area contributed by atoms with Gasteiger partial charge in [-0.05, 0) is 63.0 Å². The number of amides is 1. The van der Waals surface area contributed by atoms with E-state index < -0.39 is 24.1 Å². The van der Waals surface area contributed by atoms with E-state index in [0.717, 1.165) is 25.9 Å². The summed E-state index contributed by atoms with van der Waals surface area (Å²) in [5, 5.41) is 3.38. The topological polar surface area (TPSA) is 216 Å². The van der Waals surface area contributed by atoms with Crippen LogP contribution in [-0.2, 0) is 18.9 Å². The number of carbonyl (C=O) groups excluding carboxylic acids is 2. The van der Waals surface area contributed by atoms with Crippen molar-refractivity contribution in [2.24, 2.45) is 0 Å². The number of fused-ring (bicyclic) bond motifs is 4. The van der Waals surface area contributed by atoms with E-state index in [1.165, 1.54) is 23.4 Å². The highest BCUT2D eigenvalue weighted by Gasteiger charge is 2.31. The molecule has 6 aromatic heterocycles. The zero-order chi connectivity index (χ0) is 52.2. The first-order chi connectivity index (χ1) is 36.5. The Morgan fingerprint density at radius 2 is 1.04 bits per heavy atom. The summed E-state index contributed by atoms with van der Waals surface area (Å²) in [6.45, 7) is 7.54. The average Bonchev–Trinajstić information content (AvgIpc) is 4.27. The van der Waals surface area contributed by atoms with Gasteiger partial charge in [0, 0.05) is 63.0 Å². The molecule has 0 unspecified atom stereocenters. The van der Waals surface area contributed by atoms with Gasteiger partial charge in [-0.15, -0.1) is 0 Å². The third kappa shape index (κ3) is 10.6. The molecule has 1 N–H and O–H groups in total. The van der Waals surface area contributed by atoms with Crippen LogP contribution >= 0.6 is 11.6 Å². The molecule has 4 aliphatic rings. The molecule has 22 nitrogen and oxygen atoms in total. The van der Waals surface area contributed by atoms with Gasteiger partial charge in [0.05, 0.1) is 75.4 Å². The third-order valence-corrected chi connectivity index (χ3v) is 13.7. The molecule has 396 valence electrons. The summed E-state index contributed by atoms with van der Waals surface area (Å²) in [7, 11) is 2.59. The number of piperidine rings is 2. The Balaban J connectivity index is 0.000000158. The van der Waals surface area contributed by atoms with Crippen LogP contribution in [0.2, 0.25) is 0 Å². The standard InChI is InChI=1S/C24H26F2N8O3.C22H24F2N8O.C2H3ClO2/c1-36-24(35)32-8-6-15(7-9-32)33-14-27-18-20(33)29-23(31-10-12-37-13-11-31)30-21(18)34-17-5-3-2-4-16(17)28-22(34)19(25)26;23-18(24)21-27-15-3-1-2-4-16(15)32(21)20-17-19(28-22(29-20)30-9-11-33-12-10-30)31(13-26-17)14-5-7-25-8-6-14;1-5-2(3)4/h2-5,14-15,19H,6-13H2,1H3;1-4,13-14,18,25H,5-12H2;1H3. The minimum Gasteiger partial charge on any atom is -0.457 e. The van der Waals surface area contributed by atoms with Crippen LogP contribution in [0.1, 0.15) is 62.3 Å². The third-order valence-electron chi connectivity index (χ3n) is 13.5. The van der Waals surface area contributed by atoms with Gasteiger partial charge in [0.25, 0.3) is 12.9 Å². The molecule has 0 aliphatic carbocycles. The number of nitrogens with one attached hydrogen (secondary N) is 1. The largest absolute Gasteiger partial charge is 0.457 e. The molecular weight excluding hydrogens is 1010 g/mol. The summed E-state index contributed by atoms with van der Waals surface area (Å²) in [6.07, 6.45) is 0.803. The van der Waals surface area contributed by atoms with Crippen LogP contribution in [0.5, 0.6) is 0 Å². The number of alkyl halides is 4. The Morgan fingerprint density at radius 1 is 0.613 bits per heavy atom. The Labute approximate surface area is 430 Å². The van der Waals surface area contributed by atoms with Crippen molar-refractivity contribution >= 4 is 79.4 Å². The summed E-state index contributed by atoms with van der Waals surface area (Å²) >= 11 is 4.60.